The molecule has 0 radical (unpaired) electrons. The Morgan fingerprint density at radius 2 is 2.09 bits per heavy atom. The number of hydrogen-bond acceptors (Lipinski definition) is 3. The Hall–Kier alpha value is -1.49. The lowest BCUT2D eigenvalue weighted by atomic mass is 10.2. The van der Waals surface area contributed by atoms with E-state index in [2.05, 4.69) is 24.4 Å². The van der Waals surface area contributed by atoms with Crippen LogP contribution in [0.1, 0.15) is 10.4 Å². The Labute approximate surface area is 142 Å². The highest BCUT2D eigenvalue weighted by Crippen LogP contribution is 2.38. The van der Waals surface area contributed by atoms with Crippen LogP contribution in [0.3, 0.4) is 0 Å². The molecule has 0 bridgehead atoms. The highest BCUT2D eigenvalue weighted by molar-refractivity contribution is 7.15. The monoisotopic (exact) mass is 349 g/mol. The lowest BCUT2D eigenvalue weighted by Gasteiger charge is -2.08. The number of nitrogens with one attached hydrogen (secondary N) is 1. The highest BCUT2D eigenvalue weighted by atomic mass is 35.5. The van der Waals surface area contributed by atoms with Gasteiger partial charge in [-0.1, -0.05) is 23.2 Å². The van der Waals surface area contributed by atoms with E-state index in [1.54, 1.807) is 17.4 Å². The molecule has 0 spiro atoms. The van der Waals surface area contributed by atoms with Crippen LogP contribution >= 0.6 is 34.5 Å². The summed E-state index contributed by atoms with van der Waals surface area (Å²) in [5, 5.41) is 9.45. The van der Waals surface area contributed by atoms with E-state index in [0.29, 0.717) is 10.0 Å². The number of nitrogens with zero attached hydrogens (tertiary/aromatic N) is 2. The molecule has 3 aromatic rings. The molecule has 3 heterocycles. The maximum Gasteiger partial charge on any atom is 0.133 e. The van der Waals surface area contributed by atoms with Gasteiger partial charge in [-0.05, 0) is 43.7 Å². The molecule has 0 saturated heterocycles. The van der Waals surface area contributed by atoms with E-state index in [0.717, 1.165) is 30.2 Å². The Morgan fingerprint density at radius 1 is 1.23 bits per heavy atom. The summed E-state index contributed by atoms with van der Waals surface area (Å²) >= 11 is 14.1. The number of rotatable bonds is 2. The largest absolute Gasteiger partial charge is 0.369 e. The van der Waals surface area contributed by atoms with Crippen LogP contribution in [0.15, 0.2) is 30.3 Å². The molecule has 0 atom stereocenters. The van der Waals surface area contributed by atoms with Crippen molar-refractivity contribution >= 4 is 40.4 Å². The molecule has 1 aromatic carbocycles. The summed E-state index contributed by atoms with van der Waals surface area (Å²) in [5.74, 6) is 1.03. The van der Waals surface area contributed by atoms with Crippen molar-refractivity contribution in [1.82, 2.24) is 9.78 Å². The lowest BCUT2D eigenvalue weighted by molar-refractivity contribution is 0.883. The molecule has 0 saturated carbocycles. The molecule has 22 heavy (non-hydrogen) atoms. The van der Waals surface area contributed by atoms with Gasteiger partial charge >= 0.3 is 0 Å². The van der Waals surface area contributed by atoms with E-state index < -0.39 is 0 Å². The van der Waals surface area contributed by atoms with Crippen molar-refractivity contribution in [2.45, 2.75) is 13.3 Å². The molecular formula is C16H13Cl2N3S. The maximum atomic E-state index is 6.35. The SMILES string of the molecule is Cc1ccc(-c2nn(-c3ccc(Cl)cc3Cl)c3c2CCN3)s1. The van der Waals surface area contributed by atoms with Gasteiger partial charge in [0.25, 0.3) is 0 Å². The van der Waals surface area contributed by atoms with Crippen molar-refractivity contribution in [3.05, 3.63) is 50.8 Å². The second kappa shape index (κ2) is 5.30. The molecule has 6 heteroatoms. The van der Waals surface area contributed by atoms with Gasteiger partial charge in [0, 0.05) is 22.0 Å². The quantitative estimate of drug-likeness (QED) is 0.690. The first-order chi connectivity index (χ1) is 10.6. The van der Waals surface area contributed by atoms with E-state index in [1.807, 2.05) is 16.8 Å². The van der Waals surface area contributed by atoms with Gasteiger partial charge in [-0.3, -0.25) is 0 Å². The van der Waals surface area contributed by atoms with Gasteiger partial charge in [0.15, 0.2) is 0 Å². The van der Waals surface area contributed by atoms with E-state index in [1.165, 1.54) is 15.3 Å². The van der Waals surface area contributed by atoms with Crippen LogP contribution in [-0.4, -0.2) is 16.3 Å². The first kappa shape index (κ1) is 14.1. The summed E-state index contributed by atoms with van der Waals surface area (Å²) in [6, 6.07) is 9.75. The van der Waals surface area contributed by atoms with E-state index in [9.17, 15) is 0 Å². The molecule has 2 aromatic heterocycles. The van der Waals surface area contributed by atoms with Crippen LogP contribution < -0.4 is 5.32 Å². The Bertz CT molecular complexity index is 866. The molecule has 3 nitrogen and oxygen atoms in total. The van der Waals surface area contributed by atoms with Crippen LogP contribution in [0, 0.1) is 6.92 Å². The normalized spacial score (nSPS) is 13.2. The van der Waals surface area contributed by atoms with Crippen molar-refractivity contribution in [2.75, 3.05) is 11.9 Å². The summed E-state index contributed by atoms with van der Waals surface area (Å²) in [5.41, 5.74) is 3.15. The maximum absolute atomic E-state index is 6.35. The van der Waals surface area contributed by atoms with Gasteiger partial charge in [-0.25, -0.2) is 4.68 Å². The standard InChI is InChI=1S/C16H13Cl2N3S/c1-9-2-5-14(22-9)15-11-6-7-19-16(11)21(20-15)13-4-3-10(17)8-12(13)18/h2-5,8,19H,6-7H2,1H3. The molecular weight excluding hydrogens is 337 g/mol. The van der Waals surface area contributed by atoms with E-state index >= 15 is 0 Å². The zero-order chi connectivity index (χ0) is 15.3. The number of thiophene rings is 1. The molecule has 0 amide bonds. The third-order valence-electron chi connectivity index (χ3n) is 3.76. The van der Waals surface area contributed by atoms with E-state index in [4.69, 9.17) is 28.3 Å². The Morgan fingerprint density at radius 3 is 2.82 bits per heavy atom. The van der Waals surface area contributed by atoms with Gasteiger partial charge in [0.2, 0.25) is 0 Å². The predicted molar refractivity (Wildman–Crippen MR) is 93.8 cm³/mol. The van der Waals surface area contributed by atoms with Gasteiger partial charge in [0.05, 0.1) is 15.6 Å². The summed E-state index contributed by atoms with van der Waals surface area (Å²) < 4.78 is 1.89. The first-order valence-electron chi connectivity index (χ1n) is 7.01. The molecule has 0 unspecified atom stereocenters. The molecule has 1 aliphatic heterocycles. The van der Waals surface area contributed by atoms with Crippen molar-refractivity contribution in [2.24, 2.45) is 0 Å². The third-order valence-corrected chi connectivity index (χ3v) is 5.31. The molecule has 1 aliphatic rings. The lowest BCUT2D eigenvalue weighted by Crippen LogP contribution is -2.04. The topological polar surface area (TPSA) is 29.9 Å². The number of fused-ring (bicyclic) bond motifs is 1. The van der Waals surface area contributed by atoms with Crippen molar-refractivity contribution in [3.63, 3.8) is 0 Å². The summed E-state index contributed by atoms with van der Waals surface area (Å²) in [7, 11) is 0. The summed E-state index contributed by atoms with van der Waals surface area (Å²) in [6.45, 7) is 3.04. The average Bonchev–Trinajstić information content (AvgIpc) is 3.15. The molecule has 0 fully saturated rings. The number of benzene rings is 1. The average molecular weight is 350 g/mol. The summed E-state index contributed by atoms with van der Waals surface area (Å²) in [6.07, 6.45) is 0.979. The minimum Gasteiger partial charge on any atom is -0.369 e. The third kappa shape index (κ3) is 2.22. The fourth-order valence-electron chi connectivity index (χ4n) is 2.76. The highest BCUT2D eigenvalue weighted by Gasteiger charge is 2.25. The number of anilines is 1. The number of aromatic nitrogens is 2. The molecule has 1 N–H and O–H groups in total. The minimum absolute atomic E-state index is 0.598. The van der Waals surface area contributed by atoms with Crippen molar-refractivity contribution in [3.8, 4) is 16.3 Å². The number of halogens is 2. The number of hydrogen-bond donors (Lipinski definition) is 1. The van der Waals surface area contributed by atoms with Crippen LogP contribution in [0.4, 0.5) is 5.82 Å². The van der Waals surface area contributed by atoms with Crippen molar-refractivity contribution in [1.29, 1.82) is 0 Å². The second-order valence-electron chi connectivity index (χ2n) is 5.27. The zero-order valence-corrected chi connectivity index (χ0v) is 14.2. The van der Waals surface area contributed by atoms with Crippen LogP contribution in [-0.2, 0) is 6.42 Å². The Kier molecular flexibility index (Phi) is 3.40. The van der Waals surface area contributed by atoms with Crippen molar-refractivity contribution < 1.29 is 0 Å². The Balaban J connectivity index is 1.91. The minimum atomic E-state index is 0.598. The number of aryl methyl sites for hydroxylation is 1. The first-order valence-corrected chi connectivity index (χ1v) is 8.59. The smallest absolute Gasteiger partial charge is 0.133 e. The fraction of sp³-hybridized carbons (Fsp3) is 0.188. The molecule has 0 aliphatic carbocycles. The van der Waals surface area contributed by atoms with Gasteiger partial charge in [-0.2, -0.15) is 5.10 Å². The predicted octanol–water partition coefficient (Wildman–Crippen LogP) is 5.18. The zero-order valence-electron chi connectivity index (χ0n) is 11.9. The fourth-order valence-corrected chi connectivity index (χ4v) is 4.13. The molecule has 112 valence electrons. The van der Waals surface area contributed by atoms with Gasteiger partial charge in [0.1, 0.15) is 11.5 Å². The summed E-state index contributed by atoms with van der Waals surface area (Å²) in [4.78, 5) is 2.48. The van der Waals surface area contributed by atoms with E-state index in [-0.39, 0.29) is 0 Å². The van der Waals surface area contributed by atoms with Gasteiger partial charge in [-0.15, -0.1) is 11.3 Å². The van der Waals surface area contributed by atoms with Gasteiger partial charge < -0.3 is 5.32 Å². The van der Waals surface area contributed by atoms with Crippen LogP contribution in [0.25, 0.3) is 16.3 Å². The van der Waals surface area contributed by atoms with Crippen LogP contribution in [0.2, 0.25) is 10.0 Å². The second-order valence-corrected chi connectivity index (χ2v) is 7.40. The van der Waals surface area contributed by atoms with Crippen LogP contribution in [0.5, 0.6) is 0 Å². The molecule has 4 rings (SSSR count).